The van der Waals surface area contributed by atoms with Crippen LogP contribution >= 0.6 is 11.8 Å². The molecule has 0 spiro atoms. The van der Waals surface area contributed by atoms with E-state index in [2.05, 4.69) is 15.7 Å². The number of nitrogens with one attached hydrogen (secondary N) is 2. The lowest BCUT2D eigenvalue weighted by molar-refractivity contribution is -0.136. The van der Waals surface area contributed by atoms with Crippen LogP contribution in [-0.2, 0) is 26.6 Å². The number of amides is 2. The zero-order valence-corrected chi connectivity index (χ0v) is 15.9. The van der Waals surface area contributed by atoms with Crippen LogP contribution in [0, 0.1) is 0 Å². The molecule has 2 heterocycles. The number of anilines is 1. The molecule has 0 saturated carbocycles. The number of thioether (sulfide) groups is 1. The Morgan fingerprint density at radius 1 is 1.25 bits per heavy atom. The molecule has 0 aromatic carbocycles. The molecule has 1 aliphatic heterocycles. The number of aromatic nitrogens is 2. The maximum absolute atomic E-state index is 12.2. The smallest absolute Gasteiger partial charge is 0.314 e. The van der Waals surface area contributed by atoms with Gasteiger partial charge in [-0.3, -0.25) is 9.59 Å². The van der Waals surface area contributed by atoms with Gasteiger partial charge >= 0.3 is 11.8 Å². The molecule has 1 aromatic heterocycles. The van der Waals surface area contributed by atoms with E-state index in [-0.39, 0.29) is 5.54 Å². The topological polar surface area (TPSA) is 79.3 Å². The molecule has 0 saturated heterocycles. The second-order valence-electron chi connectivity index (χ2n) is 7.22. The molecule has 2 N–H and O–H groups in total. The van der Waals surface area contributed by atoms with Crippen LogP contribution < -0.4 is 10.6 Å². The van der Waals surface area contributed by atoms with E-state index in [1.165, 1.54) is 0 Å². The average molecular weight is 353 g/mol. The molecule has 0 aliphatic carbocycles. The molecule has 134 valence electrons. The van der Waals surface area contributed by atoms with Crippen molar-refractivity contribution in [2.45, 2.75) is 44.2 Å². The summed E-state index contributed by atoms with van der Waals surface area (Å²) in [6, 6.07) is 0. The number of hydrogen-bond donors (Lipinski definition) is 2. The summed E-state index contributed by atoms with van der Waals surface area (Å²) in [7, 11) is 3.95. The standard InChI is InChI=1S/C16H27N5O2S/c1-16(2,3)21-13(11-9-24-10-12(11)19-21)18-15(23)14(22)17-7-6-8-20(4)5/h6-10H2,1-5H3,(H,17,22)(H,18,23). The third-order valence-corrected chi connectivity index (χ3v) is 4.66. The SMILES string of the molecule is CN(C)CCCNC(=O)C(=O)Nc1c2c(nn1C(C)(C)C)CSC2. The summed E-state index contributed by atoms with van der Waals surface area (Å²) in [5, 5.41) is 10.0. The van der Waals surface area contributed by atoms with Crippen molar-refractivity contribution in [1.29, 1.82) is 0 Å². The maximum atomic E-state index is 12.2. The fourth-order valence-corrected chi connectivity index (χ4v) is 3.50. The van der Waals surface area contributed by atoms with Gasteiger partial charge in [-0.2, -0.15) is 16.9 Å². The molecule has 8 heteroatoms. The number of carbonyl (C=O) groups is 2. The molecular weight excluding hydrogens is 326 g/mol. The highest BCUT2D eigenvalue weighted by Crippen LogP contribution is 2.37. The van der Waals surface area contributed by atoms with Crippen LogP contribution in [0.25, 0.3) is 0 Å². The van der Waals surface area contributed by atoms with Crippen LogP contribution in [0.3, 0.4) is 0 Å². The Bertz CT molecular complexity index is 619. The van der Waals surface area contributed by atoms with Crippen molar-refractivity contribution in [3.63, 3.8) is 0 Å². The summed E-state index contributed by atoms with van der Waals surface area (Å²) < 4.78 is 1.81. The first-order chi connectivity index (χ1) is 11.2. The predicted molar refractivity (Wildman–Crippen MR) is 97.0 cm³/mol. The molecule has 0 bridgehead atoms. The lowest BCUT2D eigenvalue weighted by atomic mass is 10.1. The second kappa shape index (κ2) is 7.57. The highest BCUT2D eigenvalue weighted by Gasteiger charge is 2.29. The van der Waals surface area contributed by atoms with Gasteiger partial charge in [0.25, 0.3) is 0 Å². The number of hydrogen-bond acceptors (Lipinski definition) is 5. The van der Waals surface area contributed by atoms with Crippen molar-refractivity contribution >= 4 is 29.4 Å². The quantitative estimate of drug-likeness (QED) is 0.618. The Balaban J connectivity index is 2.02. The molecule has 2 amide bonds. The predicted octanol–water partition coefficient (Wildman–Crippen LogP) is 1.39. The summed E-state index contributed by atoms with van der Waals surface area (Å²) >= 11 is 1.77. The Morgan fingerprint density at radius 3 is 2.58 bits per heavy atom. The summed E-state index contributed by atoms with van der Waals surface area (Å²) in [6.07, 6.45) is 0.804. The maximum Gasteiger partial charge on any atom is 0.314 e. The molecule has 0 radical (unpaired) electrons. The second-order valence-corrected chi connectivity index (χ2v) is 8.20. The number of nitrogens with zero attached hydrogens (tertiary/aromatic N) is 3. The summed E-state index contributed by atoms with van der Waals surface area (Å²) in [4.78, 5) is 26.3. The molecule has 1 aliphatic rings. The van der Waals surface area contributed by atoms with Gasteiger partial charge in [0.1, 0.15) is 5.82 Å². The van der Waals surface area contributed by atoms with Gasteiger partial charge < -0.3 is 15.5 Å². The molecule has 2 rings (SSSR count). The van der Waals surface area contributed by atoms with Gasteiger partial charge in [-0.15, -0.1) is 0 Å². The highest BCUT2D eigenvalue weighted by atomic mass is 32.2. The molecule has 0 atom stereocenters. The third kappa shape index (κ3) is 4.51. The Kier molecular flexibility index (Phi) is 5.92. The molecule has 24 heavy (non-hydrogen) atoms. The number of carbonyl (C=O) groups excluding carboxylic acids is 2. The van der Waals surface area contributed by atoms with Crippen LogP contribution in [0.4, 0.5) is 5.82 Å². The van der Waals surface area contributed by atoms with E-state index in [9.17, 15) is 9.59 Å². The first-order valence-corrected chi connectivity index (χ1v) is 9.28. The minimum atomic E-state index is -0.634. The summed E-state index contributed by atoms with van der Waals surface area (Å²) in [5.41, 5.74) is 1.76. The largest absolute Gasteiger partial charge is 0.348 e. The van der Waals surface area contributed by atoms with E-state index >= 15 is 0 Å². The van der Waals surface area contributed by atoms with Crippen molar-refractivity contribution in [3.05, 3.63) is 11.3 Å². The van der Waals surface area contributed by atoms with Crippen molar-refractivity contribution < 1.29 is 9.59 Å². The fraction of sp³-hybridized carbons (Fsp3) is 0.688. The van der Waals surface area contributed by atoms with E-state index in [0.717, 1.165) is 35.7 Å². The van der Waals surface area contributed by atoms with E-state index in [0.29, 0.717) is 12.4 Å². The number of rotatable bonds is 5. The Hall–Kier alpha value is -1.54. The van der Waals surface area contributed by atoms with Crippen molar-refractivity contribution in [2.24, 2.45) is 0 Å². The summed E-state index contributed by atoms with van der Waals surface area (Å²) in [6.45, 7) is 7.43. The highest BCUT2D eigenvalue weighted by molar-refractivity contribution is 7.98. The van der Waals surface area contributed by atoms with Crippen LogP contribution in [0.5, 0.6) is 0 Å². The van der Waals surface area contributed by atoms with Crippen LogP contribution in [0.2, 0.25) is 0 Å². The Labute approximate surface area is 147 Å². The minimum Gasteiger partial charge on any atom is -0.348 e. The molecular formula is C16H27N5O2S. The van der Waals surface area contributed by atoms with E-state index < -0.39 is 11.8 Å². The van der Waals surface area contributed by atoms with E-state index in [1.54, 1.807) is 11.8 Å². The van der Waals surface area contributed by atoms with Gasteiger partial charge in [0.05, 0.1) is 11.2 Å². The molecule has 1 aromatic rings. The fourth-order valence-electron chi connectivity index (χ4n) is 2.47. The van der Waals surface area contributed by atoms with Gasteiger partial charge in [0.15, 0.2) is 0 Å². The van der Waals surface area contributed by atoms with Crippen LogP contribution in [-0.4, -0.2) is 53.7 Å². The number of fused-ring (bicyclic) bond motifs is 1. The van der Waals surface area contributed by atoms with Crippen molar-refractivity contribution in [2.75, 3.05) is 32.5 Å². The van der Waals surface area contributed by atoms with Crippen molar-refractivity contribution in [1.82, 2.24) is 20.0 Å². The van der Waals surface area contributed by atoms with Crippen molar-refractivity contribution in [3.8, 4) is 0 Å². The lowest BCUT2D eigenvalue weighted by Crippen LogP contribution is -2.38. The Morgan fingerprint density at radius 2 is 1.96 bits per heavy atom. The lowest BCUT2D eigenvalue weighted by Gasteiger charge is -2.23. The van der Waals surface area contributed by atoms with Gasteiger partial charge in [-0.25, -0.2) is 4.68 Å². The van der Waals surface area contributed by atoms with Crippen LogP contribution in [0.1, 0.15) is 38.4 Å². The first kappa shape index (κ1) is 18.8. The monoisotopic (exact) mass is 353 g/mol. The zero-order valence-electron chi connectivity index (χ0n) is 15.1. The summed E-state index contributed by atoms with van der Waals surface area (Å²) in [5.74, 6) is 1.07. The molecule has 0 fully saturated rings. The molecule has 7 nitrogen and oxygen atoms in total. The van der Waals surface area contributed by atoms with Gasteiger partial charge in [-0.05, 0) is 47.8 Å². The minimum absolute atomic E-state index is 0.264. The average Bonchev–Trinajstić information content (AvgIpc) is 3.05. The zero-order chi connectivity index (χ0) is 17.9. The van der Waals surface area contributed by atoms with E-state index in [4.69, 9.17) is 0 Å². The third-order valence-electron chi connectivity index (χ3n) is 3.69. The van der Waals surface area contributed by atoms with Gasteiger partial charge in [-0.1, -0.05) is 0 Å². The molecule has 0 unspecified atom stereocenters. The normalized spacial score (nSPS) is 13.9. The van der Waals surface area contributed by atoms with E-state index in [1.807, 2.05) is 44.4 Å². The van der Waals surface area contributed by atoms with Crippen LogP contribution in [0.15, 0.2) is 0 Å². The first-order valence-electron chi connectivity index (χ1n) is 8.13. The van der Waals surface area contributed by atoms with Gasteiger partial charge in [0.2, 0.25) is 0 Å². The van der Waals surface area contributed by atoms with Gasteiger partial charge in [0, 0.05) is 23.6 Å².